The first kappa shape index (κ1) is 66.1. The quantitative estimate of drug-likeness (QED) is 0.0722. The molecule has 0 bridgehead atoms. The zero-order valence-electron chi connectivity index (χ0n) is 53.9. The number of aromatic nitrogens is 9. The second kappa shape index (κ2) is 27.4. The number of ether oxygens (including phenoxy) is 5. The van der Waals surface area contributed by atoms with Crippen molar-refractivity contribution in [2.45, 2.75) is 164 Å². The minimum absolute atomic E-state index is 0.0325. The van der Waals surface area contributed by atoms with E-state index in [1.165, 1.54) is 61.2 Å². The van der Waals surface area contributed by atoms with Gasteiger partial charge in [-0.05, 0) is 155 Å². The molecule has 6 N–H and O–H groups in total. The fourth-order valence-electron chi connectivity index (χ4n) is 17.6. The average molecular weight is 1360 g/mol. The molecule has 0 amide bonds. The lowest BCUT2D eigenvalue weighted by molar-refractivity contribution is -0.137. The lowest BCUT2D eigenvalue weighted by Gasteiger charge is -2.33. The van der Waals surface area contributed by atoms with Crippen LogP contribution >= 0.6 is 0 Å². The Morgan fingerprint density at radius 3 is 1.41 bits per heavy atom. The first-order chi connectivity index (χ1) is 46.9. The summed E-state index contributed by atoms with van der Waals surface area (Å²) in [5.41, 5.74) is 22.3. The molecule has 6 unspecified atom stereocenters. The van der Waals surface area contributed by atoms with Gasteiger partial charge in [0.05, 0.1) is 73.5 Å². The van der Waals surface area contributed by atoms with Crippen LogP contribution < -0.4 is 26.7 Å². The van der Waals surface area contributed by atoms with E-state index in [1.807, 2.05) is 0 Å². The zero-order valence-corrected chi connectivity index (χ0v) is 53.9. The molecule has 11 fully saturated rings. The van der Waals surface area contributed by atoms with Gasteiger partial charge < -0.3 is 40.9 Å². The average Bonchev–Trinajstić information content (AvgIpc) is 1.57. The number of hydrogen-bond donors (Lipinski definition) is 3. The Bertz CT molecular complexity index is 3700. The summed E-state index contributed by atoms with van der Waals surface area (Å²) in [6.45, 7) is 4.53. The number of pyridine rings is 3. The van der Waals surface area contributed by atoms with Gasteiger partial charge in [-0.25, -0.2) is 23.7 Å². The van der Waals surface area contributed by atoms with E-state index in [0.29, 0.717) is 88.8 Å². The molecule has 8 aliphatic carbocycles. The van der Waals surface area contributed by atoms with Gasteiger partial charge in [0.1, 0.15) is 12.4 Å². The monoisotopic (exact) mass is 1360 g/mol. The van der Waals surface area contributed by atoms with Crippen LogP contribution in [-0.2, 0) is 26.9 Å². The molecule has 6 aromatic heterocycles. The molecule has 12 atom stereocenters. The summed E-state index contributed by atoms with van der Waals surface area (Å²) >= 11 is 0. The largest absolute Gasteiger partial charge is 0.431 e. The Morgan fingerprint density at radius 2 is 0.907 bits per heavy atom. The summed E-state index contributed by atoms with van der Waals surface area (Å²) in [4.78, 5) is 19.5. The number of rotatable bonds is 17. The van der Waals surface area contributed by atoms with Crippen molar-refractivity contribution in [2.75, 3.05) is 96.1 Å². The number of nitrogens with zero attached hydrogens (tertiary/aromatic N) is 12. The Hall–Kier alpha value is -6.79. The van der Waals surface area contributed by atoms with Crippen LogP contribution in [0.2, 0.25) is 0 Å². The zero-order chi connectivity index (χ0) is 67.0. The highest BCUT2D eigenvalue weighted by Crippen LogP contribution is 2.67. The first-order valence-corrected chi connectivity index (χ1v) is 34.6. The third-order valence-electron chi connectivity index (χ3n) is 23.0. The standard InChI is InChI=1S/2C23H29F2N5O2.C22H26F5N5O/c24-23(25)32-20-8-13(12-27-22(20)26)19-11-18(28-30(19)14-2-1-3-14)21-16-9-15(10-17(16)21)29-4-6-31-7-5-29;24-23(25)32-20-8-13(12-27-22(20)26)18-11-19(30(28-18)14-2-1-3-14)21-16-9-15(10-17(16)21)29-4-6-31-7-5-29;23-19(24)11-32-18(9-17(30-32)12-6-16(22(25,26)27)21(28)29-10-12)20-14-7-13(8-15(14)20)31-2-1-4-33-5-3-31/h2*8,11-12,14-17,21,23H,1-7,9-10H2,(H2,26,27);6,9-10,13-15,19-20H,1-5,7-8,11H2,(H2,28,29)/t2*15?,16-,17+,21?;13?,14-,15+,20?. The molecular weight excluding hydrogens is 1280 g/mol. The fourth-order valence-corrected chi connectivity index (χ4v) is 17.6. The molecule has 0 radical (unpaired) electrons. The third kappa shape index (κ3) is 13.9. The van der Waals surface area contributed by atoms with Crippen molar-refractivity contribution < 1.29 is 63.2 Å². The molecule has 20 nitrogen and oxygen atoms in total. The van der Waals surface area contributed by atoms with Crippen molar-refractivity contribution in [3.63, 3.8) is 0 Å². The second-order valence-electron chi connectivity index (χ2n) is 28.4. The summed E-state index contributed by atoms with van der Waals surface area (Å²) < 4.78 is 149. The van der Waals surface area contributed by atoms with Crippen molar-refractivity contribution in [3.05, 3.63) is 77.6 Å². The second-order valence-corrected chi connectivity index (χ2v) is 28.4. The molecular formula is C68H84F9N15O5. The predicted molar refractivity (Wildman–Crippen MR) is 340 cm³/mol. The summed E-state index contributed by atoms with van der Waals surface area (Å²) in [6.07, 6.45) is 12.0. The van der Waals surface area contributed by atoms with Crippen LogP contribution in [0.5, 0.6) is 11.5 Å². The smallest absolute Gasteiger partial charge is 0.419 e. The highest BCUT2D eigenvalue weighted by molar-refractivity contribution is 5.67. The van der Waals surface area contributed by atoms with E-state index < -0.39 is 43.8 Å². The van der Waals surface area contributed by atoms with Crippen molar-refractivity contribution >= 4 is 17.5 Å². The van der Waals surface area contributed by atoms with Gasteiger partial charge in [0.2, 0.25) is 0 Å². The summed E-state index contributed by atoms with van der Waals surface area (Å²) in [7, 11) is 0. The molecule has 29 heteroatoms. The van der Waals surface area contributed by atoms with Crippen LogP contribution in [-0.4, -0.2) is 176 Å². The Kier molecular flexibility index (Phi) is 18.7. The predicted octanol–water partition coefficient (Wildman–Crippen LogP) is 11.4. The molecule has 524 valence electrons. The lowest BCUT2D eigenvalue weighted by Crippen LogP contribution is -2.43. The number of nitrogen functional groups attached to an aromatic ring is 3. The maximum absolute atomic E-state index is 13.3. The van der Waals surface area contributed by atoms with Crippen molar-refractivity contribution in [3.8, 4) is 45.3 Å². The number of fused-ring (bicyclic) bond motifs is 3. The van der Waals surface area contributed by atoms with Gasteiger partial charge in [0, 0.05) is 128 Å². The van der Waals surface area contributed by atoms with Gasteiger partial charge in [-0.1, -0.05) is 0 Å². The van der Waals surface area contributed by atoms with E-state index in [2.05, 4.69) is 65.7 Å². The topological polar surface area (TPSA) is 226 Å². The summed E-state index contributed by atoms with van der Waals surface area (Å²) in [5.74, 6) is 3.87. The molecule has 8 saturated carbocycles. The summed E-state index contributed by atoms with van der Waals surface area (Å²) in [5, 5.41) is 14.2. The molecule has 3 saturated heterocycles. The van der Waals surface area contributed by atoms with Crippen LogP contribution in [0.4, 0.5) is 57.0 Å². The molecule has 11 aliphatic rings. The van der Waals surface area contributed by atoms with E-state index in [-0.39, 0.29) is 40.3 Å². The molecule has 9 heterocycles. The van der Waals surface area contributed by atoms with Crippen LogP contribution in [0.15, 0.2) is 55.0 Å². The van der Waals surface area contributed by atoms with Crippen LogP contribution in [0.25, 0.3) is 33.8 Å². The number of hydrogen-bond acceptors (Lipinski definition) is 17. The maximum Gasteiger partial charge on any atom is 0.419 e. The Balaban J connectivity index is 0.000000119. The van der Waals surface area contributed by atoms with E-state index >= 15 is 0 Å². The minimum Gasteiger partial charge on any atom is -0.431 e. The van der Waals surface area contributed by atoms with Crippen molar-refractivity contribution in [1.29, 1.82) is 0 Å². The van der Waals surface area contributed by atoms with Crippen LogP contribution in [0, 0.1) is 35.5 Å². The SMILES string of the molecule is Nc1ncc(-c2cc(C3[C@H]4CC(N5CCCOCC5)C[C@@H]34)n(CC(F)F)n2)cc1C(F)(F)F.Nc1ncc(-c2cc(C3[C@H]4CC(N5CCOCC5)C[C@@H]34)n(C3CCC3)n2)cc1OC(F)F.Nc1ncc(-c2cc(C3[C@H]4CC(N5CCOCC5)C[C@@H]34)nn2C2CCC2)cc1OC(F)F. The molecule has 6 aromatic rings. The van der Waals surface area contributed by atoms with Gasteiger partial charge in [-0.3, -0.25) is 28.7 Å². The number of alkyl halides is 9. The summed E-state index contributed by atoms with van der Waals surface area (Å²) in [6, 6.07) is 12.5. The van der Waals surface area contributed by atoms with Crippen molar-refractivity contribution in [1.82, 2.24) is 59.0 Å². The fraction of sp³-hybridized carbons (Fsp3) is 0.647. The van der Waals surface area contributed by atoms with E-state index in [1.54, 1.807) is 24.5 Å². The highest BCUT2D eigenvalue weighted by Gasteiger charge is 2.61. The normalized spacial score (nSPS) is 29.6. The van der Waals surface area contributed by atoms with Crippen molar-refractivity contribution in [2.24, 2.45) is 35.5 Å². The van der Waals surface area contributed by atoms with Gasteiger partial charge in [-0.2, -0.15) is 46.0 Å². The number of morpholine rings is 2. The Morgan fingerprint density at radius 1 is 0.464 bits per heavy atom. The number of nitrogens with two attached hydrogens (primary N) is 3. The highest BCUT2D eigenvalue weighted by atomic mass is 19.4. The molecule has 0 spiro atoms. The maximum atomic E-state index is 13.3. The third-order valence-corrected chi connectivity index (χ3v) is 23.0. The molecule has 3 aliphatic heterocycles. The van der Waals surface area contributed by atoms with Gasteiger partial charge in [-0.15, -0.1) is 0 Å². The first-order valence-electron chi connectivity index (χ1n) is 34.6. The van der Waals surface area contributed by atoms with Gasteiger partial charge in [0.15, 0.2) is 23.1 Å². The lowest BCUT2D eigenvalue weighted by atomic mass is 9.92. The number of halogens is 9. The van der Waals surface area contributed by atoms with E-state index in [0.717, 1.165) is 153 Å². The van der Waals surface area contributed by atoms with Crippen LogP contribution in [0.1, 0.15) is 136 Å². The number of anilines is 3. The van der Waals surface area contributed by atoms with E-state index in [9.17, 15) is 39.5 Å². The van der Waals surface area contributed by atoms with E-state index in [4.69, 9.17) is 41.6 Å². The molecule has 97 heavy (non-hydrogen) atoms. The van der Waals surface area contributed by atoms with Gasteiger partial charge >= 0.3 is 19.4 Å². The minimum atomic E-state index is -4.66. The van der Waals surface area contributed by atoms with Gasteiger partial charge in [0.25, 0.3) is 6.43 Å². The molecule has 0 aromatic carbocycles. The Labute approximate surface area is 556 Å². The molecule has 17 rings (SSSR count). The van der Waals surface area contributed by atoms with Crippen LogP contribution in [0.3, 0.4) is 0 Å².